The van der Waals surface area contributed by atoms with Crippen LogP contribution in [0.4, 0.5) is 0 Å². The summed E-state index contributed by atoms with van der Waals surface area (Å²) >= 11 is 3.44. The Morgan fingerprint density at radius 1 is 1.43 bits per heavy atom. The molecule has 1 aromatic carbocycles. The monoisotopic (exact) mass is 249 g/mol. The van der Waals surface area contributed by atoms with Crippen molar-refractivity contribution in [3.63, 3.8) is 0 Å². The third-order valence-corrected chi connectivity index (χ3v) is 2.51. The van der Waals surface area contributed by atoms with Gasteiger partial charge in [0.1, 0.15) is 11.3 Å². The maximum atomic E-state index is 8.72. The van der Waals surface area contributed by atoms with Gasteiger partial charge in [0.05, 0.1) is 16.5 Å². The van der Waals surface area contributed by atoms with Gasteiger partial charge in [-0.25, -0.2) is 0 Å². The van der Waals surface area contributed by atoms with E-state index in [4.69, 9.17) is 9.68 Å². The highest BCUT2D eigenvalue weighted by molar-refractivity contribution is 9.09. The highest BCUT2D eigenvalue weighted by Gasteiger charge is 2.08. The largest absolute Gasteiger partial charge is 0.460 e. The summed E-state index contributed by atoms with van der Waals surface area (Å²) in [5, 5.41) is 9.70. The van der Waals surface area contributed by atoms with E-state index in [1.54, 1.807) is 6.07 Å². The van der Waals surface area contributed by atoms with Crippen molar-refractivity contribution in [2.45, 2.75) is 11.8 Å². The second-order valence-corrected chi connectivity index (χ2v) is 4.50. The number of halogens is 1. The average molecular weight is 250 g/mol. The van der Waals surface area contributed by atoms with E-state index in [1.807, 2.05) is 25.1 Å². The molecule has 2 nitrogen and oxygen atoms in total. The van der Waals surface area contributed by atoms with E-state index in [0.29, 0.717) is 5.56 Å². The molecule has 0 spiro atoms. The van der Waals surface area contributed by atoms with Gasteiger partial charge in [-0.2, -0.15) is 5.26 Å². The van der Waals surface area contributed by atoms with Crippen LogP contribution < -0.4 is 0 Å². The summed E-state index contributed by atoms with van der Waals surface area (Å²) < 4.78 is 5.57. The lowest BCUT2D eigenvalue weighted by molar-refractivity contribution is 0.555. The molecule has 14 heavy (non-hydrogen) atoms. The smallest absolute Gasteiger partial charge is 0.134 e. The molecule has 2 rings (SSSR count). The van der Waals surface area contributed by atoms with Crippen LogP contribution in [-0.2, 0) is 0 Å². The SMILES string of the molecule is CC(Br)c1cc2cc(C#N)ccc2o1. The summed E-state index contributed by atoms with van der Waals surface area (Å²) in [5.41, 5.74) is 1.48. The summed E-state index contributed by atoms with van der Waals surface area (Å²) in [5.74, 6) is 0.884. The van der Waals surface area contributed by atoms with E-state index in [2.05, 4.69) is 22.0 Å². The Kier molecular flexibility index (Phi) is 2.30. The molecular weight excluding hydrogens is 242 g/mol. The Bertz CT molecular complexity index is 507. The first-order valence-electron chi connectivity index (χ1n) is 4.28. The zero-order valence-corrected chi connectivity index (χ0v) is 9.21. The second-order valence-electron chi connectivity index (χ2n) is 3.13. The van der Waals surface area contributed by atoms with Crippen LogP contribution in [0.1, 0.15) is 23.1 Å². The van der Waals surface area contributed by atoms with Gasteiger partial charge in [-0.1, -0.05) is 15.9 Å². The fourth-order valence-electron chi connectivity index (χ4n) is 1.33. The number of furan rings is 1. The molecule has 2 aromatic rings. The van der Waals surface area contributed by atoms with Crippen LogP contribution in [-0.4, -0.2) is 0 Å². The van der Waals surface area contributed by atoms with Crippen molar-refractivity contribution in [2.75, 3.05) is 0 Å². The molecule has 1 unspecified atom stereocenters. The highest BCUT2D eigenvalue weighted by Crippen LogP contribution is 2.28. The van der Waals surface area contributed by atoms with Crippen molar-refractivity contribution in [1.82, 2.24) is 0 Å². The molecule has 0 saturated carbocycles. The highest BCUT2D eigenvalue weighted by atomic mass is 79.9. The fraction of sp³-hybridized carbons (Fsp3) is 0.182. The van der Waals surface area contributed by atoms with Crippen molar-refractivity contribution < 1.29 is 4.42 Å². The fourth-order valence-corrected chi connectivity index (χ4v) is 1.56. The van der Waals surface area contributed by atoms with Gasteiger partial charge in [0.2, 0.25) is 0 Å². The van der Waals surface area contributed by atoms with Crippen LogP contribution in [0, 0.1) is 11.3 Å². The molecule has 0 fully saturated rings. The molecule has 0 aliphatic carbocycles. The van der Waals surface area contributed by atoms with Crippen LogP contribution >= 0.6 is 15.9 Å². The van der Waals surface area contributed by atoms with Crippen molar-refractivity contribution >= 4 is 26.9 Å². The van der Waals surface area contributed by atoms with Gasteiger partial charge in [-0.05, 0) is 31.2 Å². The summed E-state index contributed by atoms with van der Waals surface area (Å²) in [6.45, 7) is 2.00. The Morgan fingerprint density at radius 3 is 2.86 bits per heavy atom. The molecule has 1 aromatic heterocycles. The van der Waals surface area contributed by atoms with E-state index in [1.165, 1.54) is 0 Å². The van der Waals surface area contributed by atoms with Gasteiger partial charge in [0.15, 0.2) is 0 Å². The lowest BCUT2D eigenvalue weighted by Gasteiger charge is -1.93. The van der Waals surface area contributed by atoms with Gasteiger partial charge in [0, 0.05) is 5.39 Å². The van der Waals surface area contributed by atoms with Gasteiger partial charge in [-0.15, -0.1) is 0 Å². The zero-order valence-electron chi connectivity index (χ0n) is 7.62. The molecular formula is C11H8BrNO. The average Bonchev–Trinajstić information content (AvgIpc) is 2.59. The normalized spacial score (nSPS) is 12.6. The molecule has 0 aliphatic rings. The second kappa shape index (κ2) is 3.47. The summed E-state index contributed by atoms with van der Waals surface area (Å²) in [6, 6.07) is 9.47. The third-order valence-electron chi connectivity index (χ3n) is 2.06. The number of nitriles is 1. The third kappa shape index (κ3) is 1.53. The van der Waals surface area contributed by atoms with E-state index in [-0.39, 0.29) is 4.83 Å². The molecule has 0 amide bonds. The topological polar surface area (TPSA) is 36.9 Å². The summed E-state index contributed by atoms with van der Waals surface area (Å²) in [6.07, 6.45) is 0. The van der Waals surface area contributed by atoms with Gasteiger partial charge in [-0.3, -0.25) is 0 Å². The van der Waals surface area contributed by atoms with Crippen LogP contribution in [0.3, 0.4) is 0 Å². The van der Waals surface area contributed by atoms with Gasteiger partial charge >= 0.3 is 0 Å². The minimum atomic E-state index is 0.195. The van der Waals surface area contributed by atoms with Crippen LogP contribution in [0.5, 0.6) is 0 Å². The number of benzene rings is 1. The lowest BCUT2D eigenvalue weighted by atomic mass is 10.2. The number of rotatable bonds is 1. The molecule has 70 valence electrons. The first-order chi connectivity index (χ1) is 6.70. The first kappa shape index (κ1) is 9.29. The Morgan fingerprint density at radius 2 is 2.21 bits per heavy atom. The molecule has 0 bridgehead atoms. The minimum absolute atomic E-state index is 0.195. The molecule has 0 radical (unpaired) electrons. The number of alkyl halides is 1. The number of hydrogen-bond acceptors (Lipinski definition) is 2. The van der Waals surface area contributed by atoms with Crippen molar-refractivity contribution in [2.24, 2.45) is 0 Å². The van der Waals surface area contributed by atoms with Crippen LogP contribution in [0.25, 0.3) is 11.0 Å². The van der Waals surface area contributed by atoms with Crippen molar-refractivity contribution in [1.29, 1.82) is 5.26 Å². The van der Waals surface area contributed by atoms with E-state index in [0.717, 1.165) is 16.7 Å². The summed E-state index contributed by atoms with van der Waals surface area (Å²) in [7, 11) is 0. The Balaban J connectivity index is 2.61. The molecule has 0 N–H and O–H groups in total. The van der Waals surface area contributed by atoms with Gasteiger partial charge < -0.3 is 4.42 Å². The quantitative estimate of drug-likeness (QED) is 0.722. The predicted molar refractivity (Wildman–Crippen MR) is 58.3 cm³/mol. The molecule has 3 heteroatoms. The lowest BCUT2D eigenvalue weighted by Crippen LogP contribution is -1.74. The van der Waals surface area contributed by atoms with E-state index >= 15 is 0 Å². The Labute approximate surface area is 90.3 Å². The van der Waals surface area contributed by atoms with Crippen molar-refractivity contribution in [3.05, 3.63) is 35.6 Å². The van der Waals surface area contributed by atoms with Crippen molar-refractivity contribution in [3.8, 4) is 6.07 Å². The predicted octanol–water partition coefficient (Wildman–Crippen LogP) is 3.76. The number of fused-ring (bicyclic) bond motifs is 1. The molecule has 1 heterocycles. The van der Waals surface area contributed by atoms with Crippen LogP contribution in [0.15, 0.2) is 28.7 Å². The van der Waals surface area contributed by atoms with Gasteiger partial charge in [0.25, 0.3) is 0 Å². The Hall–Kier alpha value is -1.27. The number of hydrogen-bond donors (Lipinski definition) is 0. The standard InChI is InChI=1S/C11H8BrNO/c1-7(12)11-5-9-4-8(6-13)2-3-10(9)14-11/h2-5,7H,1H3. The maximum absolute atomic E-state index is 8.72. The van der Waals surface area contributed by atoms with Crippen LogP contribution in [0.2, 0.25) is 0 Å². The summed E-state index contributed by atoms with van der Waals surface area (Å²) in [4.78, 5) is 0.195. The minimum Gasteiger partial charge on any atom is -0.460 e. The van der Waals surface area contributed by atoms with E-state index in [9.17, 15) is 0 Å². The zero-order chi connectivity index (χ0) is 10.1. The van der Waals surface area contributed by atoms with E-state index < -0.39 is 0 Å². The number of nitrogens with zero attached hydrogens (tertiary/aromatic N) is 1. The molecule has 1 atom stereocenters. The first-order valence-corrected chi connectivity index (χ1v) is 5.20. The molecule has 0 aliphatic heterocycles. The molecule has 0 saturated heterocycles. The maximum Gasteiger partial charge on any atom is 0.134 e.